The Morgan fingerprint density at radius 2 is 1.72 bits per heavy atom. The number of anilines is 2. The van der Waals surface area contributed by atoms with Gasteiger partial charge in [-0.1, -0.05) is 11.8 Å². The number of aromatic nitrogens is 2. The number of hydrogen-bond donors (Lipinski definition) is 1. The molecule has 5 rings (SSSR count). The molecule has 0 unspecified atom stereocenters. The summed E-state index contributed by atoms with van der Waals surface area (Å²) in [6.07, 6.45) is 1.52. The molecule has 1 aliphatic heterocycles. The molecule has 0 saturated carbocycles. The van der Waals surface area contributed by atoms with Crippen LogP contribution in [0.1, 0.15) is 10.4 Å². The van der Waals surface area contributed by atoms with E-state index in [9.17, 15) is 14.0 Å². The fourth-order valence-corrected chi connectivity index (χ4v) is 4.35. The second kappa shape index (κ2) is 10.6. The molecule has 0 aliphatic carbocycles. The molecule has 2 aromatic carbocycles. The topological polar surface area (TPSA) is 105 Å². The predicted molar refractivity (Wildman–Crippen MR) is 132 cm³/mol. The minimum atomic E-state index is -0.360. The number of carbonyl (C=O) groups excluding carboxylic acids is 2. The number of hydrogen-bond acceptors (Lipinski definition) is 8. The van der Waals surface area contributed by atoms with Crippen LogP contribution in [0, 0.1) is 5.82 Å². The van der Waals surface area contributed by atoms with E-state index >= 15 is 0 Å². The number of nitrogens with one attached hydrogen (secondary N) is 1. The molecule has 3 heterocycles. The summed E-state index contributed by atoms with van der Waals surface area (Å²) in [7, 11) is 0. The average Bonchev–Trinajstić information content (AvgIpc) is 3.61. The van der Waals surface area contributed by atoms with Crippen molar-refractivity contribution < 1.29 is 22.8 Å². The number of halogens is 1. The normalized spacial score (nSPS) is 13.6. The summed E-state index contributed by atoms with van der Waals surface area (Å²) < 4.78 is 23.8. The number of amides is 2. The van der Waals surface area contributed by atoms with Gasteiger partial charge in [0.15, 0.2) is 5.76 Å². The summed E-state index contributed by atoms with van der Waals surface area (Å²) in [5.41, 5.74) is 2.17. The van der Waals surface area contributed by atoms with Crippen LogP contribution in [0.15, 0.2) is 81.0 Å². The zero-order valence-corrected chi connectivity index (χ0v) is 19.9. The Morgan fingerprint density at radius 3 is 2.42 bits per heavy atom. The van der Waals surface area contributed by atoms with Gasteiger partial charge in [0.1, 0.15) is 5.82 Å². The van der Waals surface area contributed by atoms with Crippen LogP contribution >= 0.6 is 11.8 Å². The van der Waals surface area contributed by atoms with Gasteiger partial charge in [-0.05, 0) is 60.7 Å². The van der Waals surface area contributed by atoms with Crippen molar-refractivity contribution >= 4 is 35.0 Å². The Balaban J connectivity index is 1.08. The van der Waals surface area contributed by atoms with E-state index in [0.29, 0.717) is 43.2 Å². The summed E-state index contributed by atoms with van der Waals surface area (Å²) in [6.45, 7) is 2.51. The lowest BCUT2D eigenvalue weighted by molar-refractivity contribution is -0.113. The first-order valence-corrected chi connectivity index (χ1v) is 12.2. The lowest BCUT2D eigenvalue weighted by Gasteiger charge is -2.36. The van der Waals surface area contributed by atoms with Crippen molar-refractivity contribution in [2.24, 2.45) is 0 Å². The molecule has 184 valence electrons. The van der Waals surface area contributed by atoms with Gasteiger partial charge in [-0.2, -0.15) is 0 Å². The molecular formula is C25H22FN5O4S. The second-order valence-corrected chi connectivity index (χ2v) is 8.95. The Labute approximate surface area is 210 Å². The number of benzene rings is 2. The van der Waals surface area contributed by atoms with E-state index in [4.69, 9.17) is 8.83 Å². The number of piperazine rings is 1. The third-order valence-electron chi connectivity index (χ3n) is 5.64. The van der Waals surface area contributed by atoms with Crippen molar-refractivity contribution in [2.45, 2.75) is 5.22 Å². The van der Waals surface area contributed by atoms with Gasteiger partial charge in [-0.15, -0.1) is 10.2 Å². The highest BCUT2D eigenvalue weighted by atomic mass is 32.2. The molecule has 2 aromatic heterocycles. The molecule has 0 atom stereocenters. The van der Waals surface area contributed by atoms with Crippen molar-refractivity contribution in [1.29, 1.82) is 0 Å². The number of nitrogens with zero attached hydrogens (tertiary/aromatic N) is 4. The molecular weight excluding hydrogens is 485 g/mol. The molecule has 0 radical (unpaired) electrons. The Bertz CT molecular complexity index is 1320. The van der Waals surface area contributed by atoms with Gasteiger partial charge in [-0.25, -0.2) is 4.39 Å². The van der Waals surface area contributed by atoms with Crippen LogP contribution in [0.5, 0.6) is 0 Å². The van der Waals surface area contributed by atoms with Gasteiger partial charge in [0.25, 0.3) is 17.0 Å². The Kier molecular flexibility index (Phi) is 6.99. The quantitative estimate of drug-likeness (QED) is 0.372. The number of carbonyl (C=O) groups is 2. The predicted octanol–water partition coefficient (Wildman–Crippen LogP) is 4.16. The number of rotatable bonds is 7. The van der Waals surface area contributed by atoms with E-state index in [1.54, 1.807) is 17.0 Å². The summed E-state index contributed by atoms with van der Waals surface area (Å²) >= 11 is 1.14. The highest BCUT2D eigenvalue weighted by molar-refractivity contribution is 7.99. The zero-order valence-electron chi connectivity index (χ0n) is 19.1. The molecule has 1 N–H and O–H groups in total. The third kappa shape index (κ3) is 5.57. The van der Waals surface area contributed by atoms with Crippen LogP contribution in [0.2, 0.25) is 0 Å². The van der Waals surface area contributed by atoms with Crippen molar-refractivity contribution in [3.05, 3.63) is 78.3 Å². The highest BCUT2D eigenvalue weighted by Crippen LogP contribution is 2.24. The lowest BCUT2D eigenvalue weighted by atomic mass is 10.1. The molecule has 4 aromatic rings. The molecule has 1 aliphatic rings. The van der Waals surface area contributed by atoms with E-state index in [2.05, 4.69) is 20.4 Å². The average molecular weight is 508 g/mol. The molecule has 0 spiro atoms. The van der Waals surface area contributed by atoms with E-state index in [0.717, 1.165) is 17.4 Å². The van der Waals surface area contributed by atoms with E-state index in [1.165, 1.54) is 30.5 Å². The molecule has 0 bridgehead atoms. The molecule has 1 fully saturated rings. The first-order valence-electron chi connectivity index (χ1n) is 11.2. The molecule has 2 amide bonds. The summed E-state index contributed by atoms with van der Waals surface area (Å²) in [4.78, 5) is 28.9. The maximum absolute atomic E-state index is 13.1. The van der Waals surface area contributed by atoms with Crippen molar-refractivity contribution in [3.8, 4) is 11.7 Å². The Morgan fingerprint density at radius 1 is 0.972 bits per heavy atom. The highest BCUT2D eigenvalue weighted by Gasteiger charge is 2.22. The van der Waals surface area contributed by atoms with E-state index in [-0.39, 0.29) is 34.5 Å². The van der Waals surface area contributed by atoms with E-state index < -0.39 is 0 Å². The maximum atomic E-state index is 13.1. The van der Waals surface area contributed by atoms with Crippen LogP contribution in [0.3, 0.4) is 0 Å². The van der Waals surface area contributed by atoms with E-state index in [1.807, 2.05) is 24.3 Å². The first kappa shape index (κ1) is 23.6. The van der Waals surface area contributed by atoms with Gasteiger partial charge in [-0.3, -0.25) is 9.59 Å². The molecule has 36 heavy (non-hydrogen) atoms. The van der Waals surface area contributed by atoms with Crippen molar-refractivity contribution in [2.75, 3.05) is 42.1 Å². The fourth-order valence-electron chi connectivity index (χ4n) is 3.79. The molecule has 11 heteroatoms. The summed E-state index contributed by atoms with van der Waals surface area (Å²) in [5, 5.41) is 11.0. The lowest BCUT2D eigenvalue weighted by Crippen LogP contribution is -2.48. The largest absolute Gasteiger partial charge is 0.459 e. The first-order chi connectivity index (χ1) is 17.5. The number of furan rings is 1. The van der Waals surface area contributed by atoms with Gasteiger partial charge in [0.2, 0.25) is 5.91 Å². The Hall–Kier alpha value is -4.12. The van der Waals surface area contributed by atoms with Crippen molar-refractivity contribution in [1.82, 2.24) is 15.1 Å². The monoisotopic (exact) mass is 507 g/mol. The standard InChI is InChI=1S/C25H22FN5O4S/c26-18-5-3-17(4-6-18)24(33)31-13-11-30(12-14-31)20-9-7-19(8-10-20)27-22(32)16-36-25-29-28-23(35-25)21-2-1-15-34-21/h1-10,15H,11-14,16H2,(H,27,32). The van der Waals surface area contributed by atoms with Gasteiger partial charge in [0.05, 0.1) is 12.0 Å². The van der Waals surface area contributed by atoms with Crippen LogP contribution in [-0.2, 0) is 4.79 Å². The van der Waals surface area contributed by atoms with Gasteiger partial charge < -0.3 is 24.0 Å². The van der Waals surface area contributed by atoms with Crippen LogP contribution < -0.4 is 10.2 Å². The zero-order chi connectivity index (χ0) is 24.9. The molecule has 1 saturated heterocycles. The maximum Gasteiger partial charge on any atom is 0.284 e. The van der Waals surface area contributed by atoms with Crippen LogP contribution in [0.4, 0.5) is 15.8 Å². The summed E-state index contributed by atoms with van der Waals surface area (Å²) in [5.74, 6) is 0.202. The third-order valence-corrected chi connectivity index (χ3v) is 6.46. The van der Waals surface area contributed by atoms with Gasteiger partial charge in [0, 0.05) is 43.1 Å². The van der Waals surface area contributed by atoms with Gasteiger partial charge >= 0.3 is 0 Å². The second-order valence-electron chi connectivity index (χ2n) is 8.02. The van der Waals surface area contributed by atoms with Crippen LogP contribution in [-0.4, -0.2) is 58.8 Å². The summed E-state index contributed by atoms with van der Waals surface area (Å²) in [6, 6.07) is 16.6. The minimum Gasteiger partial charge on any atom is -0.459 e. The fraction of sp³-hybridized carbons (Fsp3) is 0.200. The SMILES string of the molecule is O=C(CSc1nnc(-c2ccco2)o1)Nc1ccc(N2CCN(C(=O)c3ccc(F)cc3)CC2)cc1. The number of thioether (sulfide) groups is 1. The smallest absolute Gasteiger partial charge is 0.284 e. The molecule has 9 nitrogen and oxygen atoms in total. The minimum absolute atomic E-state index is 0.0942. The van der Waals surface area contributed by atoms with Crippen LogP contribution in [0.25, 0.3) is 11.7 Å². The van der Waals surface area contributed by atoms with Crippen molar-refractivity contribution in [3.63, 3.8) is 0 Å².